The van der Waals surface area contributed by atoms with Crippen molar-refractivity contribution in [3.63, 3.8) is 0 Å². The van der Waals surface area contributed by atoms with Gasteiger partial charge in [-0.15, -0.1) is 0 Å². The predicted octanol–water partition coefficient (Wildman–Crippen LogP) is 1.52. The molecule has 0 aromatic carbocycles. The molecule has 0 bridgehead atoms. The van der Waals surface area contributed by atoms with Gasteiger partial charge in [0.1, 0.15) is 0 Å². The van der Waals surface area contributed by atoms with Crippen molar-refractivity contribution in [2.24, 2.45) is 5.92 Å². The molecule has 1 fully saturated rings. The first kappa shape index (κ1) is 15.3. The molecule has 21 heavy (non-hydrogen) atoms. The molecule has 1 aliphatic rings. The van der Waals surface area contributed by atoms with Crippen LogP contribution in [0.15, 0.2) is 24.4 Å². The Morgan fingerprint density at radius 3 is 2.90 bits per heavy atom. The zero-order valence-corrected chi connectivity index (χ0v) is 12.2. The highest BCUT2D eigenvalue weighted by Gasteiger charge is 2.34. The molecule has 2 rings (SSSR count). The molecule has 1 aromatic heterocycles. The number of rotatable bonds is 5. The Morgan fingerprint density at radius 1 is 1.43 bits per heavy atom. The third-order valence-electron chi connectivity index (χ3n) is 3.92. The number of pyridine rings is 1. The smallest absolute Gasteiger partial charge is 0.317 e. The summed E-state index contributed by atoms with van der Waals surface area (Å²) in [6.45, 7) is 0.549. The van der Waals surface area contributed by atoms with Crippen LogP contribution in [0, 0.1) is 5.92 Å². The van der Waals surface area contributed by atoms with Crippen molar-refractivity contribution in [3.05, 3.63) is 30.1 Å². The van der Waals surface area contributed by atoms with Crippen LogP contribution in [0.5, 0.6) is 0 Å². The second-order valence-corrected chi connectivity index (χ2v) is 5.42. The highest BCUT2D eigenvalue weighted by molar-refractivity contribution is 5.77. The van der Waals surface area contributed by atoms with Gasteiger partial charge in [0.15, 0.2) is 0 Å². The highest BCUT2D eigenvalue weighted by Crippen LogP contribution is 2.25. The fourth-order valence-corrected chi connectivity index (χ4v) is 2.63. The first-order valence-corrected chi connectivity index (χ1v) is 7.22. The average Bonchev–Trinajstić information content (AvgIpc) is 2.94. The number of amides is 2. The summed E-state index contributed by atoms with van der Waals surface area (Å²) < 4.78 is 0. The molecular formula is C15H21N3O3. The molecule has 0 radical (unpaired) electrons. The minimum absolute atomic E-state index is 0.218. The third-order valence-corrected chi connectivity index (χ3v) is 3.92. The number of carbonyl (C=O) groups is 2. The Bertz CT molecular complexity index is 492. The number of carboxylic acids is 1. The van der Waals surface area contributed by atoms with Crippen molar-refractivity contribution in [2.75, 3.05) is 13.6 Å². The maximum Gasteiger partial charge on any atom is 0.317 e. The van der Waals surface area contributed by atoms with Gasteiger partial charge in [-0.05, 0) is 25.0 Å². The number of nitrogens with zero attached hydrogens (tertiary/aromatic N) is 2. The number of hydrogen-bond acceptors (Lipinski definition) is 3. The second kappa shape index (κ2) is 7.06. The lowest BCUT2D eigenvalue weighted by molar-refractivity contribution is -0.142. The molecule has 1 aromatic rings. The number of aromatic nitrogens is 1. The van der Waals surface area contributed by atoms with Crippen molar-refractivity contribution < 1.29 is 14.7 Å². The van der Waals surface area contributed by atoms with Gasteiger partial charge in [-0.25, -0.2) is 4.79 Å². The largest absolute Gasteiger partial charge is 0.481 e. The maximum atomic E-state index is 12.1. The van der Waals surface area contributed by atoms with Gasteiger partial charge in [-0.2, -0.15) is 0 Å². The van der Waals surface area contributed by atoms with Gasteiger partial charge in [0, 0.05) is 37.9 Å². The first-order chi connectivity index (χ1) is 10.1. The van der Waals surface area contributed by atoms with Crippen molar-refractivity contribution >= 4 is 12.0 Å². The van der Waals surface area contributed by atoms with Gasteiger partial charge in [0.05, 0.1) is 5.92 Å². The molecule has 0 spiro atoms. The van der Waals surface area contributed by atoms with Crippen LogP contribution in [0.25, 0.3) is 0 Å². The highest BCUT2D eigenvalue weighted by atomic mass is 16.4. The van der Waals surface area contributed by atoms with Gasteiger partial charge >= 0.3 is 12.0 Å². The minimum Gasteiger partial charge on any atom is -0.481 e. The number of hydrogen-bond donors (Lipinski definition) is 2. The number of aliphatic carboxylic acids is 1. The number of carboxylic acid groups (broad SMARTS) is 1. The van der Waals surface area contributed by atoms with Crippen LogP contribution in [0.2, 0.25) is 0 Å². The molecule has 114 valence electrons. The Hall–Kier alpha value is -2.11. The molecule has 2 unspecified atom stereocenters. The average molecular weight is 291 g/mol. The summed E-state index contributed by atoms with van der Waals surface area (Å²) in [5.41, 5.74) is 0.932. The molecule has 6 nitrogen and oxygen atoms in total. The maximum absolute atomic E-state index is 12.1. The molecule has 6 heteroatoms. The van der Waals surface area contributed by atoms with Crippen molar-refractivity contribution in [2.45, 2.75) is 31.7 Å². The topological polar surface area (TPSA) is 82.5 Å². The molecule has 2 atom stereocenters. The van der Waals surface area contributed by atoms with E-state index in [1.54, 1.807) is 18.1 Å². The van der Waals surface area contributed by atoms with E-state index >= 15 is 0 Å². The van der Waals surface area contributed by atoms with Gasteiger partial charge in [-0.1, -0.05) is 12.5 Å². The van der Waals surface area contributed by atoms with Gasteiger partial charge < -0.3 is 15.3 Å². The van der Waals surface area contributed by atoms with E-state index in [9.17, 15) is 9.59 Å². The van der Waals surface area contributed by atoms with Crippen LogP contribution in [0.1, 0.15) is 25.0 Å². The van der Waals surface area contributed by atoms with Gasteiger partial charge in [0.2, 0.25) is 0 Å². The number of carbonyl (C=O) groups excluding carboxylic acids is 1. The van der Waals surface area contributed by atoms with Crippen molar-refractivity contribution in [1.29, 1.82) is 0 Å². The van der Waals surface area contributed by atoms with Crippen LogP contribution >= 0.6 is 0 Å². The summed E-state index contributed by atoms with van der Waals surface area (Å²) in [4.78, 5) is 29.0. The fraction of sp³-hybridized carbons (Fsp3) is 0.533. The SMILES string of the molecule is CN(CCc1ccccn1)C(=O)NC1CCCC1C(=O)O. The van der Waals surface area contributed by atoms with Crippen LogP contribution in [-0.4, -0.2) is 46.6 Å². The van der Waals surface area contributed by atoms with Crippen LogP contribution in [0.4, 0.5) is 4.79 Å². The van der Waals surface area contributed by atoms with Crippen molar-refractivity contribution in [3.8, 4) is 0 Å². The number of nitrogens with one attached hydrogen (secondary N) is 1. The predicted molar refractivity (Wildman–Crippen MR) is 77.9 cm³/mol. The summed E-state index contributed by atoms with van der Waals surface area (Å²) >= 11 is 0. The van der Waals surface area contributed by atoms with Gasteiger partial charge in [0.25, 0.3) is 0 Å². The lowest BCUT2D eigenvalue weighted by Crippen LogP contribution is -2.46. The fourth-order valence-electron chi connectivity index (χ4n) is 2.63. The molecule has 1 heterocycles. The van der Waals surface area contributed by atoms with E-state index in [0.717, 1.165) is 18.5 Å². The molecular weight excluding hydrogens is 270 g/mol. The number of likely N-dealkylation sites (N-methyl/N-ethyl adjacent to an activating group) is 1. The lowest BCUT2D eigenvalue weighted by atomic mass is 10.0. The minimum atomic E-state index is -0.825. The Balaban J connectivity index is 1.81. The second-order valence-electron chi connectivity index (χ2n) is 5.42. The van der Waals surface area contributed by atoms with E-state index in [1.807, 2.05) is 18.2 Å². The van der Waals surface area contributed by atoms with Crippen molar-refractivity contribution in [1.82, 2.24) is 15.2 Å². The monoisotopic (exact) mass is 291 g/mol. The van der Waals surface area contributed by atoms with Crippen LogP contribution < -0.4 is 5.32 Å². The zero-order valence-electron chi connectivity index (χ0n) is 12.2. The zero-order chi connectivity index (χ0) is 15.2. The first-order valence-electron chi connectivity index (χ1n) is 7.22. The van der Waals surface area contributed by atoms with Gasteiger partial charge in [-0.3, -0.25) is 9.78 Å². The Morgan fingerprint density at radius 2 is 2.24 bits per heavy atom. The van der Waals surface area contributed by atoms with E-state index in [4.69, 9.17) is 5.11 Å². The van der Waals surface area contributed by atoms with E-state index in [1.165, 1.54) is 0 Å². The Labute approximate surface area is 124 Å². The molecule has 1 aliphatic carbocycles. The lowest BCUT2D eigenvalue weighted by Gasteiger charge is -2.23. The summed E-state index contributed by atoms with van der Waals surface area (Å²) in [6.07, 6.45) is 4.62. The summed E-state index contributed by atoms with van der Waals surface area (Å²) in [7, 11) is 1.71. The standard InChI is InChI=1S/C15H21N3O3/c1-18(10-8-11-5-2-3-9-16-11)15(21)17-13-7-4-6-12(13)14(19)20/h2-3,5,9,12-13H,4,6-8,10H2,1H3,(H,17,21)(H,19,20). The molecule has 0 saturated heterocycles. The molecule has 1 saturated carbocycles. The summed E-state index contributed by atoms with van der Waals surface area (Å²) in [5, 5.41) is 11.9. The quantitative estimate of drug-likeness (QED) is 0.861. The van der Waals surface area contributed by atoms with Crippen LogP contribution in [-0.2, 0) is 11.2 Å². The summed E-state index contributed by atoms with van der Waals surface area (Å²) in [5.74, 6) is -1.29. The third kappa shape index (κ3) is 4.18. The Kier molecular flexibility index (Phi) is 5.14. The van der Waals surface area contributed by atoms with Crippen LogP contribution in [0.3, 0.4) is 0 Å². The number of urea groups is 1. The van der Waals surface area contributed by atoms with E-state index in [0.29, 0.717) is 19.4 Å². The molecule has 0 aliphatic heterocycles. The normalized spacial score (nSPS) is 21.0. The molecule has 2 N–H and O–H groups in total. The van der Waals surface area contributed by atoms with E-state index < -0.39 is 11.9 Å². The molecule has 2 amide bonds. The van der Waals surface area contributed by atoms with E-state index in [2.05, 4.69) is 10.3 Å². The van der Waals surface area contributed by atoms with E-state index in [-0.39, 0.29) is 12.1 Å². The summed E-state index contributed by atoms with van der Waals surface area (Å²) in [6, 6.07) is 5.21.